The summed E-state index contributed by atoms with van der Waals surface area (Å²) in [6, 6.07) is 22.0. The zero-order valence-electron chi connectivity index (χ0n) is 18.6. The number of hydrogen-bond donors (Lipinski definition) is 1. The van der Waals surface area contributed by atoms with E-state index < -0.39 is 0 Å². The van der Waals surface area contributed by atoms with Gasteiger partial charge in [-0.1, -0.05) is 48.5 Å². The summed E-state index contributed by atoms with van der Waals surface area (Å²) in [6.45, 7) is 5.26. The predicted octanol–water partition coefficient (Wildman–Crippen LogP) is 4.27. The molecule has 0 radical (unpaired) electrons. The van der Waals surface area contributed by atoms with Crippen LogP contribution in [0, 0.1) is 0 Å². The summed E-state index contributed by atoms with van der Waals surface area (Å²) in [6.07, 6.45) is 3.72. The fourth-order valence-corrected chi connectivity index (χ4v) is 4.16. The third-order valence-electron chi connectivity index (χ3n) is 6.17. The molecule has 2 unspecified atom stereocenters. The topological polar surface area (TPSA) is 57.7 Å². The Kier molecular flexibility index (Phi) is 7.02. The molecule has 2 heterocycles. The summed E-state index contributed by atoms with van der Waals surface area (Å²) in [7, 11) is 1.65. The molecule has 0 spiro atoms. The maximum atomic E-state index is 13.2. The molecule has 6 nitrogen and oxygen atoms in total. The SMILES string of the molecule is COc1ccc(C(NC(=O)N2CCN(C(C)c3cccnc3)CC2)c2ccccc2)cc1. The second-order valence-corrected chi connectivity index (χ2v) is 8.05. The number of hydrogen-bond acceptors (Lipinski definition) is 4. The second kappa shape index (κ2) is 10.3. The lowest BCUT2D eigenvalue weighted by Gasteiger charge is -2.38. The average molecular weight is 431 g/mol. The first-order valence-electron chi connectivity index (χ1n) is 11.0. The highest BCUT2D eigenvalue weighted by Crippen LogP contribution is 2.25. The van der Waals surface area contributed by atoms with E-state index >= 15 is 0 Å². The van der Waals surface area contributed by atoms with Gasteiger partial charge in [-0.25, -0.2) is 4.79 Å². The molecule has 1 N–H and O–H groups in total. The van der Waals surface area contributed by atoms with Crippen LogP contribution in [0.25, 0.3) is 0 Å². The zero-order chi connectivity index (χ0) is 22.3. The predicted molar refractivity (Wildman–Crippen MR) is 126 cm³/mol. The molecule has 1 aromatic heterocycles. The Bertz CT molecular complexity index is 987. The number of piperazine rings is 1. The van der Waals surface area contributed by atoms with E-state index in [-0.39, 0.29) is 18.1 Å². The highest BCUT2D eigenvalue weighted by atomic mass is 16.5. The number of urea groups is 1. The van der Waals surface area contributed by atoms with Gasteiger partial charge in [-0.3, -0.25) is 9.88 Å². The fourth-order valence-electron chi connectivity index (χ4n) is 4.16. The minimum absolute atomic E-state index is 0.0386. The molecule has 0 bridgehead atoms. The molecule has 32 heavy (non-hydrogen) atoms. The molecule has 166 valence electrons. The standard InChI is InChI=1S/C26H30N4O2/c1-20(23-9-6-14-27-19-23)29-15-17-30(18-16-29)26(31)28-25(21-7-4-3-5-8-21)22-10-12-24(32-2)13-11-22/h3-14,19-20,25H,15-18H2,1-2H3,(H,28,31). The summed E-state index contributed by atoms with van der Waals surface area (Å²) in [5.41, 5.74) is 3.28. The van der Waals surface area contributed by atoms with Crippen LogP contribution < -0.4 is 10.1 Å². The normalized spacial score (nSPS) is 16.2. The number of rotatable bonds is 6. The summed E-state index contributed by atoms with van der Waals surface area (Å²) in [5, 5.41) is 3.25. The van der Waals surface area contributed by atoms with Gasteiger partial charge in [0.2, 0.25) is 0 Å². The van der Waals surface area contributed by atoms with Crippen molar-refractivity contribution in [2.45, 2.75) is 19.0 Å². The van der Waals surface area contributed by atoms with Gasteiger partial charge in [0.1, 0.15) is 5.75 Å². The lowest BCUT2D eigenvalue weighted by Crippen LogP contribution is -2.52. The van der Waals surface area contributed by atoms with Gasteiger partial charge in [0.05, 0.1) is 13.2 Å². The third kappa shape index (κ3) is 5.08. The molecule has 4 rings (SSSR count). The van der Waals surface area contributed by atoms with Crippen LogP contribution in [-0.4, -0.2) is 54.1 Å². The van der Waals surface area contributed by atoms with Crippen molar-refractivity contribution in [2.24, 2.45) is 0 Å². The van der Waals surface area contributed by atoms with Gasteiger partial charge < -0.3 is 15.0 Å². The van der Waals surface area contributed by atoms with E-state index in [0.29, 0.717) is 13.1 Å². The molecule has 1 saturated heterocycles. The summed E-state index contributed by atoms with van der Waals surface area (Å²) in [5.74, 6) is 0.797. The van der Waals surface area contributed by atoms with E-state index in [1.807, 2.05) is 71.8 Å². The summed E-state index contributed by atoms with van der Waals surface area (Å²) >= 11 is 0. The summed E-state index contributed by atoms with van der Waals surface area (Å²) < 4.78 is 5.29. The number of amides is 2. The van der Waals surface area contributed by atoms with Crippen molar-refractivity contribution in [3.63, 3.8) is 0 Å². The van der Waals surface area contributed by atoms with Crippen LogP contribution in [0.3, 0.4) is 0 Å². The van der Waals surface area contributed by atoms with Gasteiger partial charge in [-0.15, -0.1) is 0 Å². The lowest BCUT2D eigenvalue weighted by atomic mass is 9.98. The van der Waals surface area contributed by atoms with Crippen molar-refractivity contribution in [2.75, 3.05) is 33.3 Å². The van der Waals surface area contributed by atoms with Crippen molar-refractivity contribution >= 4 is 6.03 Å². The van der Waals surface area contributed by atoms with E-state index in [0.717, 1.165) is 30.0 Å². The number of nitrogens with zero attached hydrogens (tertiary/aromatic N) is 3. The van der Waals surface area contributed by atoms with Crippen LogP contribution in [0.1, 0.15) is 35.7 Å². The number of aromatic nitrogens is 1. The van der Waals surface area contributed by atoms with Crippen LogP contribution in [0.5, 0.6) is 5.75 Å². The molecule has 6 heteroatoms. The van der Waals surface area contributed by atoms with Crippen LogP contribution in [0.2, 0.25) is 0 Å². The number of carbonyl (C=O) groups is 1. The minimum Gasteiger partial charge on any atom is -0.497 e. The highest BCUT2D eigenvalue weighted by molar-refractivity contribution is 5.75. The van der Waals surface area contributed by atoms with E-state index in [4.69, 9.17) is 4.74 Å². The Labute approximate surface area is 189 Å². The van der Waals surface area contributed by atoms with Crippen LogP contribution in [0.4, 0.5) is 4.79 Å². The Balaban J connectivity index is 1.42. The summed E-state index contributed by atoms with van der Waals surface area (Å²) in [4.78, 5) is 21.7. The Morgan fingerprint density at radius 3 is 2.19 bits per heavy atom. The molecule has 2 aromatic carbocycles. The molecule has 1 aliphatic heterocycles. The van der Waals surface area contributed by atoms with Crippen LogP contribution in [-0.2, 0) is 0 Å². The Hall–Kier alpha value is -3.38. The monoisotopic (exact) mass is 430 g/mol. The number of ether oxygens (including phenoxy) is 1. The first kappa shape index (κ1) is 21.8. The zero-order valence-corrected chi connectivity index (χ0v) is 18.6. The van der Waals surface area contributed by atoms with E-state index in [1.165, 1.54) is 5.56 Å². The van der Waals surface area contributed by atoms with Crippen LogP contribution >= 0.6 is 0 Å². The van der Waals surface area contributed by atoms with Gasteiger partial charge >= 0.3 is 6.03 Å². The number of pyridine rings is 1. The first-order chi connectivity index (χ1) is 15.7. The van der Waals surface area contributed by atoms with E-state index in [9.17, 15) is 4.79 Å². The first-order valence-corrected chi connectivity index (χ1v) is 11.0. The van der Waals surface area contributed by atoms with E-state index in [2.05, 4.69) is 28.2 Å². The van der Waals surface area contributed by atoms with Gasteiger partial charge in [-0.05, 0) is 41.8 Å². The van der Waals surface area contributed by atoms with Gasteiger partial charge in [0, 0.05) is 44.6 Å². The molecular formula is C26H30N4O2. The molecular weight excluding hydrogens is 400 g/mol. The number of carbonyl (C=O) groups excluding carboxylic acids is 1. The maximum absolute atomic E-state index is 13.2. The molecule has 1 fully saturated rings. The lowest BCUT2D eigenvalue weighted by molar-refractivity contribution is 0.113. The molecule has 1 aliphatic rings. The highest BCUT2D eigenvalue weighted by Gasteiger charge is 2.27. The Morgan fingerprint density at radius 2 is 1.56 bits per heavy atom. The van der Waals surface area contributed by atoms with Crippen molar-refractivity contribution < 1.29 is 9.53 Å². The second-order valence-electron chi connectivity index (χ2n) is 8.05. The molecule has 2 amide bonds. The molecule has 0 saturated carbocycles. The number of methoxy groups -OCH3 is 1. The molecule has 2 atom stereocenters. The minimum atomic E-state index is -0.220. The molecule has 3 aromatic rings. The number of benzene rings is 2. The van der Waals surface area contributed by atoms with Gasteiger partial charge in [0.25, 0.3) is 0 Å². The van der Waals surface area contributed by atoms with Crippen molar-refractivity contribution in [3.05, 3.63) is 95.8 Å². The van der Waals surface area contributed by atoms with Crippen molar-refractivity contribution in [1.29, 1.82) is 0 Å². The largest absolute Gasteiger partial charge is 0.497 e. The average Bonchev–Trinajstić information content (AvgIpc) is 2.88. The van der Waals surface area contributed by atoms with E-state index in [1.54, 1.807) is 13.3 Å². The smallest absolute Gasteiger partial charge is 0.318 e. The maximum Gasteiger partial charge on any atom is 0.318 e. The molecule has 0 aliphatic carbocycles. The van der Waals surface area contributed by atoms with Crippen LogP contribution in [0.15, 0.2) is 79.1 Å². The Morgan fingerprint density at radius 1 is 0.906 bits per heavy atom. The quantitative estimate of drug-likeness (QED) is 0.635. The van der Waals surface area contributed by atoms with Crippen molar-refractivity contribution in [3.8, 4) is 5.75 Å². The third-order valence-corrected chi connectivity index (χ3v) is 6.17. The number of nitrogens with one attached hydrogen (secondary N) is 1. The van der Waals surface area contributed by atoms with Gasteiger partial charge in [0.15, 0.2) is 0 Å². The fraction of sp³-hybridized carbons (Fsp3) is 0.308. The van der Waals surface area contributed by atoms with Crippen molar-refractivity contribution in [1.82, 2.24) is 20.1 Å². The van der Waals surface area contributed by atoms with Gasteiger partial charge in [-0.2, -0.15) is 0 Å².